The minimum absolute atomic E-state index is 0.320. The SMILES string of the molecule is COc1ccccc1C(=O)COC(=O)c1c(C)nc2ccccc2c1C. The number of aryl methyl sites for hydroxylation is 2. The summed E-state index contributed by atoms with van der Waals surface area (Å²) in [4.78, 5) is 29.4. The zero-order valence-corrected chi connectivity index (χ0v) is 14.9. The molecule has 5 nitrogen and oxygen atoms in total. The molecule has 0 atom stereocenters. The molecule has 0 unspecified atom stereocenters. The fourth-order valence-corrected chi connectivity index (χ4v) is 2.99. The normalized spacial score (nSPS) is 10.6. The average Bonchev–Trinajstić information content (AvgIpc) is 2.66. The summed E-state index contributed by atoms with van der Waals surface area (Å²) in [5.74, 6) is -0.422. The van der Waals surface area contributed by atoms with Crippen molar-refractivity contribution in [1.29, 1.82) is 0 Å². The molecule has 132 valence electrons. The number of benzene rings is 2. The smallest absolute Gasteiger partial charge is 0.340 e. The second-order valence-electron chi connectivity index (χ2n) is 5.91. The summed E-state index contributed by atoms with van der Waals surface area (Å²) in [5.41, 5.74) is 2.98. The number of rotatable bonds is 5. The van der Waals surface area contributed by atoms with Crippen molar-refractivity contribution >= 4 is 22.7 Å². The monoisotopic (exact) mass is 349 g/mol. The first-order valence-corrected chi connectivity index (χ1v) is 8.22. The van der Waals surface area contributed by atoms with Crippen LogP contribution in [0.1, 0.15) is 32.0 Å². The standard InChI is InChI=1S/C21H19NO4/c1-13-15-8-4-6-10-17(15)22-14(2)20(13)21(24)26-12-18(23)16-9-5-7-11-19(16)25-3/h4-11H,12H2,1-3H3. The Morgan fingerprint density at radius 3 is 2.46 bits per heavy atom. The molecule has 0 aliphatic carbocycles. The lowest BCUT2D eigenvalue weighted by atomic mass is 10.0. The number of ether oxygens (including phenoxy) is 2. The molecule has 0 spiro atoms. The van der Waals surface area contributed by atoms with Gasteiger partial charge in [0.05, 0.1) is 29.4 Å². The van der Waals surface area contributed by atoms with Crippen LogP contribution in [0.3, 0.4) is 0 Å². The van der Waals surface area contributed by atoms with Gasteiger partial charge in [-0.1, -0.05) is 30.3 Å². The molecule has 0 saturated carbocycles. The molecular formula is C21H19NO4. The molecule has 3 rings (SSSR count). The lowest BCUT2D eigenvalue weighted by molar-refractivity contribution is 0.0472. The molecule has 0 aliphatic rings. The number of esters is 1. The maximum atomic E-state index is 12.6. The summed E-state index contributed by atoms with van der Waals surface area (Å²) >= 11 is 0. The summed E-state index contributed by atoms with van der Waals surface area (Å²) in [5, 5.41) is 0.890. The Morgan fingerprint density at radius 1 is 1.00 bits per heavy atom. The summed E-state index contributed by atoms with van der Waals surface area (Å²) in [7, 11) is 1.49. The highest BCUT2D eigenvalue weighted by atomic mass is 16.5. The van der Waals surface area contributed by atoms with Crippen LogP contribution < -0.4 is 4.74 Å². The van der Waals surface area contributed by atoms with Crippen LogP contribution >= 0.6 is 0 Å². The van der Waals surface area contributed by atoms with E-state index in [2.05, 4.69) is 4.98 Å². The molecule has 0 radical (unpaired) electrons. The van der Waals surface area contributed by atoms with E-state index >= 15 is 0 Å². The van der Waals surface area contributed by atoms with Crippen molar-refractivity contribution in [2.75, 3.05) is 13.7 Å². The zero-order valence-electron chi connectivity index (χ0n) is 14.9. The molecule has 0 aliphatic heterocycles. The Hall–Kier alpha value is -3.21. The Balaban J connectivity index is 1.83. The third kappa shape index (κ3) is 3.28. The average molecular weight is 349 g/mol. The number of pyridine rings is 1. The number of carbonyl (C=O) groups excluding carboxylic acids is 2. The Labute approximate surface area is 151 Å². The minimum Gasteiger partial charge on any atom is -0.496 e. The number of hydrogen-bond donors (Lipinski definition) is 0. The molecule has 0 amide bonds. The highest BCUT2D eigenvalue weighted by Gasteiger charge is 2.20. The van der Waals surface area contributed by atoms with Crippen LogP contribution in [0.5, 0.6) is 5.75 Å². The molecule has 0 saturated heterocycles. The van der Waals surface area contributed by atoms with Crippen LogP contribution in [-0.2, 0) is 4.74 Å². The van der Waals surface area contributed by atoms with Gasteiger partial charge >= 0.3 is 5.97 Å². The first-order valence-electron chi connectivity index (χ1n) is 8.22. The summed E-state index contributed by atoms with van der Waals surface area (Å²) in [6.07, 6.45) is 0. The van der Waals surface area contributed by atoms with Gasteiger partial charge in [-0.2, -0.15) is 0 Å². The van der Waals surface area contributed by atoms with Gasteiger partial charge in [-0.15, -0.1) is 0 Å². The molecule has 26 heavy (non-hydrogen) atoms. The van der Waals surface area contributed by atoms with Gasteiger partial charge < -0.3 is 9.47 Å². The maximum absolute atomic E-state index is 12.6. The van der Waals surface area contributed by atoms with Crippen LogP contribution in [0.2, 0.25) is 0 Å². The summed E-state index contributed by atoms with van der Waals surface area (Å²) < 4.78 is 10.4. The highest BCUT2D eigenvalue weighted by Crippen LogP contribution is 2.23. The van der Waals surface area contributed by atoms with Crippen molar-refractivity contribution < 1.29 is 19.1 Å². The maximum Gasteiger partial charge on any atom is 0.340 e. The van der Waals surface area contributed by atoms with E-state index in [1.54, 1.807) is 31.2 Å². The van der Waals surface area contributed by atoms with E-state index in [-0.39, 0.29) is 12.4 Å². The largest absolute Gasteiger partial charge is 0.496 e. The number of methoxy groups -OCH3 is 1. The van der Waals surface area contributed by atoms with Crippen LogP contribution in [-0.4, -0.2) is 30.5 Å². The predicted octanol–water partition coefficient (Wildman–Crippen LogP) is 3.90. The first kappa shape index (κ1) is 17.6. The van der Waals surface area contributed by atoms with E-state index in [9.17, 15) is 9.59 Å². The number of fused-ring (bicyclic) bond motifs is 1. The van der Waals surface area contributed by atoms with Crippen molar-refractivity contribution in [2.24, 2.45) is 0 Å². The van der Waals surface area contributed by atoms with Gasteiger partial charge in [0.25, 0.3) is 0 Å². The Morgan fingerprint density at radius 2 is 1.69 bits per heavy atom. The number of hydrogen-bond acceptors (Lipinski definition) is 5. The zero-order chi connectivity index (χ0) is 18.7. The molecular weight excluding hydrogens is 330 g/mol. The molecule has 1 aromatic heterocycles. The highest BCUT2D eigenvalue weighted by molar-refractivity contribution is 6.03. The number of Topliss-reactive ketones (excluding diaryl/α,β-unsaturated/α-hetero) is 1. The van der Waals surface area contributed by atoms with E-state index in [1.807, 2.05) is 31.2 Å². The lowest BCUT2D eigenvalue weighted by Gasteiger charge is -2.12. The van der Waals surface area contributed by atoms with Crippen molar-refractivity contribution in [1.82, 2.24) is 4.98 Å². The molecule has 5 heteroatoms. The van der Waals surface area contributed by atoms with Gasteiger partial charge in [0.15, 0.2) is 6.61 Å². The van der Waals surface area contributed by atoms with Gasteiger partial charge in [0, 0.05) is 5.39 Å². The molecule has 1 heterocycles. The van der Waals surface area contributed by atoms with Crippen molar-refractivity contribution in [3.8, 4) is 5.75 Å². The molecule has 0 fully saturated rings. The Bertz CT molecular complexity index is 994. The number of nitrogens with zero attached hydrogens (tertiary/aromatic N) is 1. The van der Waals surface area contributed by atoms with Crippen molar-refractivity contribution in [3.05, 3.63) is 70.9 Å². The number of para-hydroxylation sites is 2. The second kappa shape index (κ2) is 7.35. The quantitative estimate of drug-likeness (QED) is 0.516. The molecule has 2 aromatic carbocycles. The van der Waals surface area contributed by atoms with Gasteiger partial charge in [0.1, 0.15) is 5.75 Å². The van der Waals surface area contributed by atoms with Crippen LogP contribution in [0.4, 0.5) is 0 Å². The van der Waals surface area contributed by atoms with Gasteiger partial charge in [-0.3, -0.25) is 9.78 Å². The fourth-order valence-electron chi connectivity index (χ4n) is 2.99. The third-order valence-electron chi connectivity index (χ3n) is 4.28. The van der Waals surface area contributed by atoms with Gasteiger partial charge in [-0.25, -0.2) is 4.79 Å². The lowest BCUT2D eigenvalue weighted by Crippen LogP contribution is -2.17. The summed E-state index contributed by atoms with van der Waals surface area (Å²) in [6, 6.07) is 14.4. The predicted molar refractivity (Wildman–Crippen MR) is 98.8 cm³/mol. The van der Waals surface area contributed by atoms with E-state index < -0.39 is 5.97 Å². The van der Waals surface area contributed by atoms with E-state index in [1.165, 1.54) is 7.11 Å². The van der Waals surface area contributed by atoms with E-state index in [0.29, 0.717) is 22.6 Å². The first-order chi connectivity index (χ1) is 12.5. The third-order valence-corrected chi connectivity index (χ3v) is 4.28. The number of ketones is 1. The minimum atomic E-state index is -0.554. The van der Waals surface area contributed by atoms with E-state index in [0.717, 1.165) is 16.5 Å². The molecule has 0 N–H and O–H groups in total. The van der Waals surface area contributed by atoms with Gasteiger partial charge in [0.2, 0.25) is 5.78 Å². The topological polar surface area (TPSA) is 65.5 Å². The summed E-state index contributed by atoms with van der Waals surface area (Å²) in [6.45, 7) is 3.26. The van der Waals surface area contributed by atoms with Gasteiger partial charge in [-0.05, 0) is 37.6 Å². The van der Waals surface area contributed by atoms with Crippen molar-refractivity contribution in [3.63, 3.8) is 0 Å². The van der Waals surface area contributed by atoms with Crippen molar-refractivity contribution in [2.45, 2.75) is 13.8 Å². The molecule has 3 aromatic rings. The van der Waals surface area contributed by atoms with Crippen LogP contribution in [0.15, 0.2) is 48.5 Å². The molecule has 0 bridgehead atoms. The second-order valence-corrected chi connectivity index (χ2v) is 5.91. The van der Waals surface area contributed by atoms with Crippen LogP contribution in [0.25, 0.3) is 10.9 Å². The number of aromatic nitrogens is 1. The fraction of sp³-hybridized carbons (Fsp3) is 0.190. The Kier molecular flexibility index (Phi) is 4.98. The van der Waals surface area contributed by atoms with Crippen LogP contribution in [0, 0.1) is 13.8 Å². The number of carbonyl (C=O) groups is 2. The van der Waals surface area contributed by atoms with E-state index in [4.69, 9.17) is 9.47 Å².